The lowest BCUT2D eigenvalue weighted by Crippen LogP contribution is -2.32. The fourth-order valence-corrected chi connectivity index (χ4v) is 4.45. The van der Waals surface area contributed by atoms with E-state index in [9.17, 15) is 9.59 Å². The lowest BCUT2D eigenvalue weighted by molar-refractivity contribution is -0.120. The number of amides is 2. The first kappa shape index (κ1) is 19.0. The van der Waals surface area contributed by atoms with Crippen molar-refractivity contribution in [1.29, 1.82) is 0 Å². The summed E-state index contributed by atoms with van der Waals surface area (Å²) < 4.78 is 10.7. The number of imide groups is 1. The summed E-state index contributed by atoms with van der Waals surface area (Å²) in [5.74, 6) is 0.180. The SMILES string of the molecule is O=C1C(Nc2ccc3c(c2)OCO3)=C(c2cccs2)C(=O)N1c1cccc(Cl)c1Cl. The highest BCUT2D eigenvalue weighted by Gasteiger charge is 2.41. The van der Waals surface area contributed by atoms with Gasteiger partial charge in [-0.2, -0.15) is 0 Å². The fraction of sp³-hybridized carbons (Fsp3) is 0.0476. The number of nitrogens with one attached hydrogen (secondary N) is 1. The molecule has 1 N–H and O–H groups in total. The maximum Gasteiger partial charge on any atom is 0.282 e. The van der Waals surface area contributed by atoms with Gasteiger partial charge in [-0.25, -0.2) is 4.90 Å². The normalized spacial score (nSPS) is 15.3. The number of benzene rings is 2. The highest BCUT2D eigenvalue weighted by molar-refractivity contribution is 7.11. The Balaban J connectivity index is 1.59. The molecule has 2 amide bonds. The molecule has 2 aromatic carbocycles. The molecule has 0 fully saturated rings. The Hall–Kier alpha value is -3.00. The summed E-state index contributed by atoms with van der Waals surface area (Å²) in [5, 5.41) is 5.32. The van der Waals surface area contributed by atoms with Gasteiger partial charge in [0, 0.05) is 16.6 Å². The summed E-state index contributed by atoms with van der Waals surface area (Å²) in [6.45, 7) is 0.139. The van der Waals surface area contributed by atoms with E-state index < -0.39 is 11.8 Å². The van der Waals surface area contributed by atoms with Crippen molar-refractivity contribution in [2.45, 2.75) is 0 Å². The Bertz CT molecular complexity index is 1220. The van der Waals surface area contributed by atoms with Crippen LogP contribution in [0.4, 0.5) is 11.4 Å². The topological polar surface area (TPSA) is 67.9 Å². The van der Waals surface area contributed by atoms with Crippen molar-refractivity contribution < 1.29 is 19.1 Å². The lowest BCUT2D eigenvalue weighted by atomic mass is 10.2. The van der Waals surface area contributed by atoms with Crippen LogP contribution in [0.2, 0.25) is 10.0 Å². The minimum Gasteiger partial charge on any atom is -0.454 e. The molecule has 5 rings (SSSR count). The number of rotatable bonds is 4. The molecule has 0 bridgehead atoms. The molecule has 0 radical (unpaired) electrons. The highest BCUT2D eigenvalue weighted by Crippen LogP contribution is 2.41. The van der Waals surface area contributed by atoms with Crippen molar-refractivity contribution in [3.63, 3.8) is 0 Å². The molecule has 2 aliphatic heterocycles. The van der Waals surface area contributed by atoms with E-state index in [1.807, 2.05) is 11.4 Å². The second kappa shape index (κ2) is 7.36. The maximum absolute atomic E-state index is 13.4. The number of hydrogen-bond acceptors (Lipinski definition) is 6. The van der Waals surface area contributed by atoms with Crippen LogP contribution in [0.3, 0.4) is 0 Å². The quantitative estimate of drug-likeness (QED) is 0.545. The summed E-state index contributed by atoms with van der Waals surface area (Å²) in [5.41, 5.74) is 1.24. The third-order valence-electron chi connectivity index (χ3n) is 4.67. The molecule has 0 atom stereocenters. The molecular weight excluding hydrogens is 447 g/mol. The van der Waals surface area contributed by atoms with Crippen molar-refractivity contribution >= 4 is 63.3 Å². The van der Waals surface area contributed by atoms with Crippen LogP contribution in [0, 0.1) is 0 Å². The van der Waals surface area contributed by atoms with E-state index in [1.54, 1.807) is 42.5 Å². The van der Waals surface area contributed by atoms with Crippen molar-refractivity contribution in [1.82, 2.24) is 0 Å². The molecule has 0 saturated carbocycles. The molecule has 0 saturated heterocycles. The van der Waals surface area contributed by atoms with Gasteiger partial charge < -0.3 is 14.8 Å². The highest BCUT2D eigenvalue weighted by atomic mass is 35.5. The van der Waals surface area contributed by atoms with Gasteiger partial charge in [0.1, 0.15) is 5.70 Å². The summed E-state index contributed by atoms with van der Waals surface area (Å²) in [6, 6.07) is 13.6. The number of carbonyl (C=O) groups is 2. The van der Waals surface area contributed by atoms with Crippen LogP contribution in [0.5, 0.6) is 11.5 Å². The molecule has 6 nitrogen and oxygen atoms in total. The van der Waals surface area contributed by atoms with Gasteiger partial charge in [0.05, 0.1) is 21.3 Å². The van der Waals surface area contributed by atoms with E-state index in [0.29, 0.717) is 22.1 Å². The Kier molecular flexibility index (Phi) is 4.66. The number of nitrogens with zero attached hydrogens (tertiary/aromatic N) is 1. The molecule has 0 spiro atoms. The zero-order valence-electron chi connectivity index (χ0n) is 15.1. The van der Waals surface area contributed by atoms with Crippen LogP contribution < -0.4 is 19.7 Å². The van der Waals surface area contributed by atoms with Gasteiger partial charge in [-0.3, -0.25) is 9.59 Å². The molecule has 0 unspecified atom stereocenters. The van der Waals surface area contributed by atoms with Crippen LogP contribution in [0.25, 0.3) is 5.57 Å². The number of fused-ring (bicyclic) bond motifs is 1. The summed E-state index contributed by atoms with van der Waals surface area (Å²) in [4.78, 5) is 28.4. The van der Waals surface area contributed by atoms with E-state index in [0.717, 1.165) is 4.90 Å². The second-order valence-corrected chi connectivity index (χ2v) is 8.17. The van der Waals surface area contributed by atoms with E-state index in [-0.39, 0.29) is 33.8 Å². The average Bonchev–Trinajstić information content (AvgIpc) is 3.46. The zero-order valence-corrected chi connectivity index (χ0v) is 17.5. The largest absolute Gasteiger partial charge is 0.454 e. The fourth-order valence-electron chi connectivity index (χ4n) is 3.30. The molecule has 150 valence electrons. The van der Waals surface area contributed by atoms with E-state index in [1.165, 1.54) is 11.3 Å². The average molecular weight is 459 g/mol. The third-order valence-corrected chi connectivity index (χ3v) is 6.36. The van der Waals surface area contributed by atoms with Crippen LogP contribution >= 0.6 is 34.5 Å². The Morgan fingerprint density at radius 2 is 1.80 bits per heavy atom. The predicted molar refractivity (Wildman–Crippen MR) is 116 cm³/mol. The Morgan fingerprint density at radius 3 is 2.60 bits per heavy atom. The first-order valence-corrected chi connectivity index (χ1v) is 10.5. The summed E-state index contributed by atoms with van der Waals surface area (Å²) in [6.07, 6.45) is 0. The van der Waals surface area contributed by atoms with E-state index in [2.05, 4.69) is 5.32 Å². The minimum atomic E-state index is -0.523. The first-order valence-electron chi connectivity index (χ1n) is 8.82. The molecule has 3 heterocycles. The summed E-state index contributed by atoms with van der Waals surface area (Å²) >= 11 is 13.8. The zero-order chi connectivity index (χ0) is 20.8. The van der Waals surface area contributed by atoms with E-state index in [4.69, 9.17) is 32.7 Å². The number of thiophene rings is 1. The number of anilines is 2. The number of carbonyl (C=O) groups excluding carboxylic acids is 2. The molecule has 3 aromatic rings. The van der Waals surface area contributed by atoms with Crippen LogP contribution in [0.1, 0.15) is 4.88 Å². The molecule has 0 aliphatic carbocycles. The van der Waals surface area contributed by atoms with Gasteiger partial charge in [0.25, 0.3) is 11.8 Å². The molecule has 30 heavy (non-hydrogen) atoms. The van der Waals surface area contributed by atoms with Gasteiger partial charge in [-0.15, -0.1) is 11.3 Å². The van der Waals surface area contributed by atoms with Crippen LogP contribution in [-0.2, 0) is 9.59 Å². The number of ether oxygens (including phenoxy) is 2. The molecule has 1 aromatic heterocycles. The maximum atomic E-state index is 13.4. The van der Waals surface area contributed by atoms with Crippen molar-refractivity contribution in [2.24, 2.45) is 0 Å². The molecule has 2 aliphatic rings. The van der Waals surface area contributed by atoms with Crippen LogP contribution in [0.15, 0.2) is 59.6 Å². The van der Waals surface area contributed by atoms with Crippen molar-refractivity contribution in [2.75, 3.05) is 17.0 Å². The number of hydrogen-bond donors (Lipinski definition) is 1. The minimum absolute atomic E-state index is 0.135. The molecule has 9 heteroatoms. The summed E-state index contributed by atoms with van der Waals surface area (Å²) in [7, 11) is 0. The van der Waals surface area contributed by atoms with Gasteiger partial charge in [-0.05, 0) is 35.7 Å². The van der Waals surface area contributed by atoms with E-state index >= 15 is 0 Å². The standard InChI is InChI=1S/C21H12Cl2N2O4S/c22-12-3-1-4-13(18(12)23)25-20(26)17(16-5-2-8-30-16)19(21(25)27)24-11-6-7-14-15(9-11)29-10-28-14/h1-9,24H,10H2. The van der Waals surface area contributed by atoms with Gasteiger partial charge >= 0.3 is 0 Å². The van der Waals surface area contributed by atoms with Crippen LogP contribution in [-0.4, -0.2) is 18.6 Å². The lowest BCUT2D eigenvalue weighted by Gasteiger charge is -2.17. The van der Waals surface area contributed by atoms with Crippen molar-refractivity contribution in [3.8, 4) is 11.5 Å². The smallest absolute Gasteiger partial charge is 0.282 e. The first-order chi connectivity index (χ1) is 14.5. The van der Waals surface area contributed by atoms with Gasteiger partial charge in [0.15, 0.2) is 11.5 Å². The third kappa shape index (κ3) is 3.02. The predicted octanol–water partition coefficient (Wildman–Crippen LogP) is 5.18. The van der Waals surface area contributed by atoms with Crippen molar-refractivity contribution in [3.05, 3.63) is 74.5 Å². The Labute approximate surface area is 185 Å². The number of halogens is 2. The van der Waals surface area contributed by atoms with Gasteiger partial charge in [0.2, 0.25) is 6.79 Å². The Morgan fingerprint density at radius 1 is 0.967 bits per heavy atom. The second-order valence-electron chi connectivity index (χ2n) is 6.44. The monoisotopic (exact) mass is 458 g/mol. The van der Waals surface area contributed by atoms with Gasteiger partial charge in [-0.1, -0.05) is 35.3 Å². The molecular formula is C21H12Cl2N2O4S.